The number of likely N-dealkylation sites (tertiary alicyclic amines) is 1. The van der Waals surface area contributed by atoms with Crippen LogP contribution in [0.25, 0.3) is 0 Å². The minimum absolute atomic E-state index is 0.0155. The predicted octanol–water partition coefficient (Wildman–Crippen LogP) is 2.61. The van der Waals surface area contributed by atoms with Crippen LogP contribution in [0.2, 0.25) is 0 Å². The highest BCUT2D eigenvalue weighted by Gasteiger charge is 2.43. The number of benzene rings is 1. The fourth-order valence-electron chi connectivity index (χ4n) is 8.87. The van der Waals surface area contributed by atoms with Crippen LogP contribution in [-0.4, -0.2) is 158 Å². The molecule has 0 spiro atoms. The number of amides is 4. The first kappa shape index (κ1) is 61.2. The third kappa shape index (κ3) is 19.0. The van der Waals surface area contributed by atoms with Gasteiger partial charge in [0.1, 0.15) is 17.8 Å². The molecule has 398 valence electrons. The van der Waals surface area contributed by atoms with Gasteiger partial charge in [-0.1, -0.05) is 72.4 Å². The number of unbranched alkanes of at least 4 members (excludes halogenated alkanes) is 1. The van der Waals surface area contributed by atoms with Crippen molar-refractivity contribution in [3.63, 3.8) is 0 Å². The van der Waals surface area contributed by atoms with Crippen molar-refractivity contribution in [2.45, 2.75) is 142 Å². The van der Waals surface area contributed by atoms with Crippen molar-refractivity contribution in [1.29, 1.82) is 0 Å². The van der Waals surface area contributed by atoms with E-state index >= 15 is 0 Å². The van der Waals surface area contributed by atoms with E-state index in [0.29, 0.717) is 45.1 Å². The van der Waals surface area contributed by atoms with Crippen LogP contribution in [-0.2, 0) is 49.0 Å². The number of hydrazine groups is 1. The molecule has 1 aromatic rings. The lowest BCUT2D eigenvalue weighted by Gasteiger charge is -2.41. The molecule has 70 heavy (non-hydrogen) atoms. The predicted molar refractivity (Wildman–Crippen MR) is 263 cm³/mol. The van der Waals surface area contributed by atoms with Crippen molar-refractivity contribution < 1.29 is 57.0 Å². The number of phosphoric acid groups is 1. The average Bonchev–Trinajstić information content (AvgIpc) is 3.77. The molecule has 0 saturated carbocycles. The van der Waals surface area contributed by atoms with Gasteiger partial charge in [-0.05, 0) is 88.1 Å². The molecule has 0 radical (unpaired) electrons. The Kier molecular flexibility index (Phi) is 25.7. The first-order valence-electron chi connectivity index (χ1n) is 24.0. The van der Waals surface area contributed by atoms with E-state index in [1.54, 1.807) is 41.3 Å². The maximum Gasteiger partial charge on any atom is 0.587 e. The number of guanidine groups is 1. The summed E-state index contributed by atoms with van der Waals surface area (Å²) in [5.74, 6) is -3.45. The van der Waals surface area contributed by atoms with Crippen LogP contribution in [0.3, 0.4) is 0 Å². The van der Waals surface area contributed by atoms with E-state index in [0.717, 1.165) is 5.56 Å². The van der Waals surface area contributed by atoms with Gasteiger partial charge < -0.3 is 50.4 Å². The minimum Gasteiger partial charge on any atom is -0.395 e. The van der Waals surface area contributed by atoms with Crippen molar-refractivity contribution in [3.8, 4) is 5.75 Å². The molecule has 4 amide bonds. The molecule has 23 nitrogen and oxygen atoms in total. The third-order valence-electron chi connectivity index (χ3n) is 12.7. The largest absolute Gasteiger partial charge is 0.587 e. The van der Waals surface area contributed by atoms with Gasteiger partial charge in [0, 0.05) is 40.9 Å². The zero-order valence-corrected chi connectivity index (χ0v) is 44.0. The lowest BCUT2D eigenvalue weighted by Crippen LogP contribution is -2.59. The standard InChI is InChI=1S/C46H81N10O13P/c1-13-30(6)40(54(10)44(60)38(28(2)3)51-43(59)39(29(4)5)53(8)9)36(66-11)27-37(57)55-26-16-18-35(55)41(67-12)31(7)42(58)49-25-23-32-19-21-33(22-20-32)68-70(64,65)69-45(61)34(47)17-14-15-24-50-46(48)52-56(62)63/h19-22,28-31,34-36,38-41H,13-18,23-27,47H2,1-12H3,(H,49,58)(H,51,59)(H,64,65)(H3,48,50,52)/t30-,31+,34-,35-,36+,38-,39-,40-,41+/m0/s1. The molecule has 1 heterocycles. The zero-order chi connectivity index (χ0) is 53.0. The number of hydrogen-bond donors (Lipinski definition) is 6. The smallest absolute Gasteiger partial charge is 0.395 e. The zero-order valence-electron chi connectivity index (χ0n) is 43.1. The van der Waals surface area contributed by atoms with Gasteiger partial charge in [-0.25, -0.2) is 24.5 Å². The molecule has 0 aliphatic carbocycles. The van der Waals surface area contributed by atoms with Gasteiger partial charge in [0.2, 0.25) is 23.6 Å². The van der Waals surface area contributed by atoms with Crippen LogP contribution < -0.4 is 32.1 Å². The Morgan fingerprint density at radius 2 is 1.64 bits per heavy atom. The van der Waals surface area contributed by atoms with Crippen LogP contribution >= 0.6 is 7.82 Å². The molecule has 1 fully saturated rings. The number of nitro groups is 1. The highest BCUT2D eigenvalue weighted by atomic mass is 31.2. The Balaban J connectivity index is 2.03. The summed E-state index contributed by atoms with van der Waals surface area (Å²) >= 11 is 0. The summed E-state index contributed by atoms with van der Waals surface area (Å²) in [6, 6.07) is 2.71. The van der Waals surface area contributed by atoms with Crippen LogP contribution in [0.4, 0.5) is 0 Å². The van der Waals surface area contributed by atoms with E-state index < -0.39 is 67.2 Å². The number of rotatable bonds is 30. The summed E-state index contributed by atoms with van der Waals surface area (Å²) < 4.78 is 34.2. The Morgan fingerprint density at radius 3 is 2.19 bits per heavy atom. The monoisotopic (exact) mass is 1010 g/mol. The maximum atomic E-state index is 14.3. The third-order valence-corrected chi connectivity index (χ3v) is 13.6. The van der Waals surface area contributed by atoms with Crippen molar-refractivity contribution in [1.82, 2.24) is 30.8 Å². The van der Waals surface area contributed by atoms with Gasteiger partial charge in [0.05, 0.1) is 42.7 Å². The molecule has 1 aromatic carbocycles. The van der Waals surface area contributed by atoms with Crippen molar-refractivity contribution >= 4 is 43.4 Å². The lowest BCUT2D eigenvalue weighted by atomic mass is 9.89. The minimum atomic E-state index is -4.90. The van der Waals surface area contributed by atoms with Gasteiger partial charge in [-0.2, -0.15) is 0 Å². The Bertz CT molecular complexity index is 1930. The second-order valence-electron chi connectivity index (χ2n) is 18.9. The number of carbonyl (C=O) groups excluding carboxylic acids is 5. The topological polar surface area (TPSA) is 313 Å². The molecule has 10 atom stereocenters. The number of methoxy groups -OCH3 is 2. The molecule has 1 aliphatic heterocycles. The summed E-state index contributed by atoms with van der Waals surface area (Å²) in [6.45, 7) is 14.3. The van der Waals surface area contributed by atoms with Crippen LogP contribution in [0.1, 0.15) is 99.0 Å². The number of aliphatic imine (C=N–C) groups is 1. The van der Waals surface area contributed by atoms with E-state index in [4.69, 9.17) is 25.5 Å². The molecule has 1 aliphatic rings. The lowest BCUT2D eigenvalue weighted by molar-refractivity contribution is -0.525. The summed E-state index contributed by atoms with van der Waals surface area (Å²) in [5.41, 5.74) is 13.6. The average molecular weight is 1010 g/mol. The number of ether oxygens (including phenoxy) is 2. The summed E-state index contributed by atoms with van der Waals surface area (Å²) in [4.78, 5) is 97.5. The number of likely N-dealkylation sites (N-methyl/N-ethyl adjacent to an activating group) is 2. The van der Waals surface area contributed by atoms with Crippen LogP contribution in [0, 0.1) is 33.8 Å². The summed E-state index contributed by atoms with van der Waals surface area (Å²) in [6.07, 6.45) is 1.90. The molecular formula is C46H81N10O13P. The van der Waals surface area contributed by atoms with E-state index in [1.165, 1.54) is 26.4 Å². The van der Waals surface area contributed by atoms with Crippen LogP contribution in [0.5, 0.6) is 5.75 Å². The fraction of sp³-hybridized carbons (Fsp3) is 0.739. The van der Waals surface area contributed by atoms with E-state index in [1.807, 2.05) is 60.5 Å². The number of nitrogens with two attached hydrogens (primary N) is 2. The van der Waals surface area contributed by atoms with Crippen molar-refractivity contribution in [3.05, 3.63) is 39.9 Å². The van der Waals surface area contributed by atoms with Crippen molar-refractivity contribution in [2.75, 3.05) is 55.0 Å². The highest BCUT2D eigenvalue weighted by molar-refractivity contribution is 7.48. The molecular weight excluding hydrogens is 932 g/mol. The van der Waals surface area contributed by atoms with Gasteiger partial charge in [0.15, 0.2) is 5.03 Å². The van der Waals surface area contributed by atoms with Gasteiger partial charge in [-0.3, -0.25) is 29.0 Å². The fourth-order valence-corrected chi connectivity index (χ4v) is 9.66. The van der Waals surface area contributed by atoms with Gasteiger partial charge in [-0.15, -0.1) is 0 Å². The number of carbonyl (C=O) groups is 5. The van der Waals surface area contributed by atoms with E-state index in [2.05, 4.69) is 20.1 Å². The highest BCUT2D eigenvalue weighted by Crippen LogP contribution is 2.44. The SMILES string of the molecule is CC[C@H](C)[C@@H]([C@@H](CC(=O)N1CCC[C@H]1[C@H](OC)[C@@H](C)C(=O)NCCc1ccc(OP(=O)(O)OC(=O)[C@@H](N)CCCCN=C(N)N[N+](=O)[O-])cc1)OC)N(C)C(=O)[C@@H](NC(=O)[C@H](C(C)C)N(C)C)C(C)C. The summed E-state index contributed by atoms with van der Waals surface area (Å²) in [5, 5.41) is 15.5. The van der Waals surface area contributed by atoms with Gasteiger partial charge >= 0.3 is 13.8 Å². The Labute approximate surface area is 413 Å². The van der Waals surface area contributed by atoms with Crippen molar-refractivity contribution in [2.24, 2.45) is 40.1 Å². The molecule has 0 bridgehead atoms. The Hall–Kier alpha value is -4.93. The quantitative estimate of drug-likeness (QED) is 0.0161. The normalized spacial score (nSPS) is 18.4. The van der Waals surface area contributed by atoms with E-state index in [-0.39, 0.29) is 79.0 Å². The van der Waals surface area contributed by atoms with E-state index in [9.17, 15) is 43.5 Å². The molecule has 1 saturated heterocycles. The molecule has 2 rings (SSSR count). The van der Waals surface area contributed by atoms with Gasteiger partial charge in [0.25, 0.3) is 5.96 Å². The first-order chi connectivity index (χ1) is 32.8. The van der Waals surface area contributed by atoms with Crippen LogP contribution in [0.15, 0.2) is 29.3 Å². The molecule has 8 N–H and O–H groups in total. The Morgan fingerprint density at radius 1 is 1.00 bits per heavy atom. The maximum absolute atomic E-state index is 14.3. The number of nitrogens with one attached hydrogen (secondary N) is 3. The second-order valence-corrected chi connectivity index (χ2v) is 20.2. The second kappa shape index (κ2) is 29.4. The number of nitrogens with zero attached hydrogens (tertiary/aromatic N) is 5. The number of hydrogen-bond acceptors (Lipinski definition) is 15. The molecule has 0 aromatic heterocycles. The molecule has 1 unspecified atom stereocenters. The summed E-state index contributed by atoms with van der Waals surface area (Å²) in [7, 11) is 3.53. The first-order valence-corrected chi connectivity index (χ1v) is 25.5. The number of phosphoric ester groups is 1. The molecule has 24 heteroatoms.